The van der Waals surface area contributed by atoms with E-state index in [-0.39, 0.29) is 11.8 Å². The molecule has 0 saturated heterocycles. The van der Waals surface area contributed by atoms with Gasteiger partial charge in [0.05, 0.1) is 18.4 Å². The van der Waals surface area contributed by atoms with Crippen LogP contribution in [-0.2, 0) is 16.1 Å². The number of carboxylic acid groups (broad SMARTS) is 1. The molecule has 1 saturated carbocycles. The van der Waals surface area contributed by atoms with Gasteiger partial charge in [-0.3, -0.25) is 9.59 Å². The smallest absolute Gasteiger partial charge is 0.307 e. The fraction of sp³-hybridized carbons (Fsp3) is 0.600. The van der Waals surface area contributed by atoms with E-state index in [1.54, 1.807) is 16.2 Å². The van der Waals surface area contributed by atoms with Crippen LogP contribution < -0.4 is 0 Å². The van der Waals surface area contributed by atoms with Crippen LogP contribution in [0.4, 0.5) is 0 Å². The number of aliphatic carboxylic acids is 1. The number of rotatable bonds is 5. The van der Waals surface area contributed by atoms with Gasteiger partial charge in [0.2, 0.25) is 5.91 Å². The predicted molar refractivity (Wildman–Crippen MR) is 78.5 cm³/mol. The Kier molecular flexibility index (Phi) is 5.17. The second-order valence-corrected chi connectivity index (χ2v) is 6.30. The molecular weight excluding hydrogens is 274 g/mol. The van der Waals surface area contributed by atoms with Crippen molar-refractivity contribution < 1.29 is 14.7 Å². The van der Waals surface area contributed by atoms with Gasteiger partial charge in [-0.05, 0) is 31.2 Å². The lowest BCUT2D eigenvalue weighted by Gasteiger charge is -2.32. The average Bonchev–Trinajstić information content (AvgIpc) is 2.97. The van der Waals surface area contributed by atoms with Crippen LogP contribution in [-0.4, -0.2) is 28.4 Å². The molecule has 1 aromatic heterocycles. The summed E-state index contributed by atoms with van der Waals surface area (Å²) in [5.74, 6) is -1.67. The third-order valence-corrected chi connectivity index (χ3v) is 4.88. The Morgan fingerprint density at radius 2 is 2.05 bits per heavy atom. The Balaban J connectivity index is 2.08. The van der Waals surface area contributed by atoms with Gasteiger partial charge in [0, 0.05) is 11.4 Å². The Labute approximate surface area is 123 Å². The molecular formula is C15H21NO3S. The number of hydrogen-bond acceptors (Lipinski definition) is 3. The maximum atomic E-state index is 12.6. The summed E-state index contributed by atoms with van der Waals surface area (Å²) < 4.78 is 0. The summed E-state index contributed by atoms with van der Waals surface area (Å²) in [6.07, 6.45) is 3.20. The first-order chi connectivity index (χ1) is 9.63. The van der Waals surface area contributed by atoms with E-state index in [1.165, 1.54) is 0 Å². The summed E-state index contributed by atoms with van der Waals surface area (Å²) in [4.78, 5) is 26.9. The van der Waals surface area contributed by atoms with Crippen molar-refractivity contribution in [3.05, 3.63) is 22.4 Å². The quantitative estimate of drug-likeness (QED) is 0.908. The number of carbonyl (C=O) groups is 2. The standard InChI is InChI=1S/C15H21NO3S/c1-2-16(10-11-6-5-9-20-11)14(17)12-7-3-4-8-13(12)15(18)19/h5-6,9,12-13H,2-4,7-8,10H2,1H3,(H,18,19). The number of thiophene rings is 1. The summed E-state index contributed by atoms with van der Waals surface area (Å²) in [7, 11) is 0. The topological polar surface area (TPSA) is 57.6 Å². The molecule has 2 rings (SSSR count). The monoisotopic (exact) mass is 295 g/mol. The van der Waals surface area contributed by atoms with E-state index in [4.69, 9.17) is 0 Å². The first-order valence-electron chi connectivity index (χ1n) is 7.17. The summed E-state index contributed by atoms with van der Waals surface area (Å²) in [6.45, 7) is 3.17. The van der Waals surface area contributed by atoms with E-state index < -0.39 is 11.9 Å². The number of hydrogen-bond donors (Lipinski definition) is 1. The molecule has 1 fully saturated rings. The van der Waals surface area contributed by atoms with Gasteiger partial charge < -0.3 is 10.0 Å². The molecule has 1 heterocycles. The van der Waals surface area contributed by atoms with Crippen molar-refractivity contribution >= 4 is 23.2 Å². The van der Waals surface area contributed by atoms with Crippen LogP contribution in [0.2, 0.25) is 0 Å². The maximum Gasteiger partial charge on any atom is 0.307 e. The van der Waals surface area contributed by atoms with Crippen LogP contribution >= 0.6 is 11.3 Å². The zero-order valence-corrected chi connectivity index (χ0v) is 12.6. The molecule has 0 bridgehead atoms. The highest BCUT2D eigenvalue weighted by molar-refractivity contribution is 7.09. The van der Waals surface area contributed by atoms with Crippen LogP contribution in [0.1, 0.15) is 37.5 Å². The highest BCUT2D eigenvalue weighted by atomic mass is 32.1. The summed E-state index contributed by atoms with van der Waals surface area (Å²) >= 11 is 1.63. The molecule has 1 N–H and O–H groups in total. The molecule has 0 aliphatic heterocycles. The van der Waals surface area contributed by atoms with Crippen LogP contribution in [0, 0.1) is 11.8 Å². The predicted octanol–water partition coefficient (Wildman–Crippen LogP) is 2.99. The molecule has 0 radical (unpaired) electrons. The molecule has 1 aromatic rings. The van der Waals surface area contributed by atoms with Gasteiger partial charge in [-0.15, -0.1) is 11.3 Å². The van der Waals surface area contributed by atoms with E-state index in [9.17, 15) is 14.7 Å². The number of amides is 1. The second-order valence-electron chi connectivity index (χ2n) is 5.27. The van der Waals surface area contributed by atoms with Gasteiger partial charge in [0.15, 0.2) is 0 Å². The molecule has 0 aromatic carbocycles. The molecule has 5 heteroatoms. The summed E-state index contributed by atoms with van der Waals surface area (Å²) in [5.41, 5.74) is 0. The Morgan fingerprint density at radius 1 is 1.35 bits per heavy atom. The normalized spacial score (nSPS) is 22.4. The van der Waals surface area contributed by atoms with Crippen LogP contribution in [0.25, 0.3) is 0 Å². The molecule has 2 unspecified atom stereocenters. The molecule has 20 heavy (non-hydrogen) atoms. The first-order valence-corrected chi connectivity index (χ1v) is 8.05. The van der Waals surface area contributed by atoms with Crippen LogP contribution in [0.3, 0.4) is 0 Å². The Morgan fingerprint density at radius 3 is 2.60 bits per heavy atom. The van der Waals surface area contributed by atoms with Crippen molar-refractivity contribution in [2.75, 3.05) is 6.54 Å². The largest absolute Gasteiger partial charge is 0.481 e. The summed E-state index contributed by atoms with van der Waals surface area (Å²) in [5, 5.41) is 11.3. The minimum atomic E-state index is -0.824. The van der Waals surface area contributed by atoms with E-state index in [1.807, 2.05) is 24.4 Å². The van der Waals surface area contributed by atoms with Gasteiger partial charge in [-0.25, -0.2) is 0 Å². The van der Waals surface area contributed by atoms with Gasteiger partial charge in [0.1, 0.15) is 0 Å². The lowest BCUT2D eigenvalue weighted by Crippen LogP contribution is -2.42. The highest BCUT2D eigenvalue weighted by Crippen LogP contribution is 2.32. The zero-order chi connectivity index (χ0) is 14.5. The Hall–Kier alpha value is -1.36. The minimum absolute atomic E-state index is 0.00741. The third-order valence-electron chi connectivity index (χ3n) is 4.02. The number of nitrogens with zero attached hydrogens (tertiary/aromatic N) is 1. The lowest BCUT2D eigenvalue weighted by atomic mass is 9.78. The van der Waals surface area contributed by atoms with Gasteiger partial charge in [-0.2, -0.15) is 0 Å². The SMILES string of the molecule is CCN(Cc1cccs1)C(=O)C1CCCCC1C(=O)O. The zero-order valence-electron chi connectivity index (χ0n) is 11.7. The van der Waals surface area contributed by atoms with Crippen molar-refractivity contribution in [3.63, 3.8) is 0 Å². The van der Waals surface area contributed by atoms with Gasteiger partial charge >= 0.3 is 5.97 Å². The molecule has 2 atom stereocenters. The molecule has 110 valence electrons. The van der Waals surface area contributed by atoms with Crippen LogP contribution in [0.5, 0.6) is 0 Å². The molecule has 1 aliphatic carbocycles. The van der Waals surface area contributed by atoms with Crippen molar-refractivity contribution in [2.45, 2.75) is 39.2 Å². The molecule has 4 nitrogen and oxygen atoms in total. The van der Waals surface area contributed by atoms with Crippen molar-refractivity contribution in [1.82, 2.24) is 4.90 Å². The maximum absolute atomic E-state index is 12.6. The van der Waals surface area contributed by atoms with Crippen molar-refractivity contribution in [2.24, 2.45) is 11.8 Å². The van der Waals surface area contributed by atoms with E-state index in [0.717, 1.165) is 17.7 Å². The fourth-order valence-electron chi connectivity index (χ4n) is 2.89. The van der Waals surface area contributed by atoms with Crippen LogP contribution in [0.15, 0.2) is 17.5 Å². The van der Waals surface area contributed by atoms with Gasteiger partial charge in [0.25, 0.3) is 0 Å². The van der Waals surface area contributed by atoms with Gasteiger partial charge in [-0.1, -0.05) is 18.9 Å². The van der Waals surface area contributed by atoms with E-state index >= 15 is 0 Å². The van der Waals surface area contributed by atoms with E-state index in [2.05, 4.69) is 0 Å². The number of carbonyl (C=O) groups excluding carboxylic acids is 1. The minimum Gasteiger partial charge on any atom is -0.481 e. The van der Waals surface area contributed by atoms with E-state index in [0.29, 0.717) is 25.9 Å². The molecule has 1 amide bonds. The Bertz CT molecular complexity index is 458. The second kappa shape index (κ2) is 6.88. The third kappa shape index (κ3) is 3.39. The first kappa shape index (κ1) is 15.0. The molecule has 0 spiro atoms. The average molecular weight is 295 g/mol. The van der Waals surface area contributed by atoms with Crippen molar-refractivity contribution in [1.29, 1.82) is 0 Å². The molecule has 1 aliphatic rings. The number of carboxylic acids is 1. The highest BCUT2D eigenvalue weighted by Gasteiger charge is 2.37. The fourth-order valence-corrected chi connectivity index (χ4v) is 3.61. The lowest BCUT2D eigenvalue weighted by molar-refractivity contribution is -0.152. The van der Waals surface area contributed by atoms with Crippen molar-refractivity contribution in [3.8, 4) is 0 Å². The summed E-state index contributed by atoms with van der Waals surface area (Å²) in [6, 6.07) is 3.98.